The molecule has 4 nitrogen and oxygen atoms in total. The van der Waals surface area contributed by atoms with Gasteiger partial charge < -0.3 is 4.90 Å². The van der Waals surface area contributed by atoms with Crippen molar-refractivity contribution in [3.05, 3.63) is 35.4 Å². The largest absolute Gasteiger partial charge is 0.355 e. The number of nitrogens with zero attached hydrogens (tertiary/aromatic N) is 3. The predicted octanol–water partition coefficient (Wildman–Crippen LogP) is 4.86. The Morgan fingerprint density at radius 2 is 1.88 bits per heavy atom. The minimum atomic E-state index is 0.278. The van der Waals surface area contributed by atoms with Crippen LogP contribution in [0.3, 0.4) is 0 Å². The summed E-state index contributed by atoms with van der Waals surface area (Å²) in [5.41, 5.74) is 3.65. The molecule has 1 aromatic rings. The van der Waals surface area contributed by atoms with Crippen molar-refractivity contribution in [3.8, 4) is 0 Å². The van der Waals surface area contributed by atoms with Gasteiger partial charge in [0.05, 0.1) is 24.6 Å². The molecule has 0 saturated carbocycles. The van der Waals surface area contributed by atoms with E-state index in [1.54, 1.807) is 0 Å². The molecule has 0 bridgehead atoms. The van der Waals surface area contributed by atoms with E-state index in [0.29, 0.717) is 6.54 Å². The molecule has 0 spiro atoms. The van der Waals surface area contributed by atoms with Crippen LogP contribution in [-0.2, 0) is 6.42 Å². The normalized spacial score (nSPS) is 19.6. The van der Waals surface area contributed by atoms with E-state index in [-0.39, 0.29) is 6.04 Å². The van der Waals surface area contributed by atoms with Crippen LogP contribution in [0.4, 0.5) is 0 Å². The second kappa shape index (κ2) is 9.65. The van der Waals surface area contributed by atoms with Crippen molar-refractivity contribution in [2.75, 3.05) is 13.1 Å². The van der Waals surface area contributed by atoms with Crippen LogP contribution in [0.2, 0.25) is 0 Å². The first-order chi connectivity index (χ1) is 12.8. The molecule has 2 aliphatic rings. The van der Waals surface area contributed by atoms with Crippen LogP contribution >= 0.6 is 0 Å². The molecular formula is C22H32N4. The number of benzene rings is 1. The zero-order chi connectivity index (χ0) is 18.2. The van der Waals surface area contributed by atoms with Gasteiger partial charge in [-0.3, -0.25) is 10.4 Å². The third-order valence-electron chi connectivity index (χ3n) is 5.52. The number of aryl methyl sites for hydroxylation is 1. The lowest BCUT2D eigenvalue weighted by atomic mass is 10.0. The summed E-state index contributed by atoms with van der Waals surface area (Å²) >= 11 is 0. The fraction of sp³-hybridized carbons (Fsp3) is 0.591. The zero-order valence-corrected chi connectivity index (χ0v) is 16.1. The number of rotatable bonds is 10. The molecule has 1 saturated heterocycles. The number of hydrogen-bond donors (Lipinski definition) is 1. The van der Waals surface area contributed by atoms with Gasteiger partial charge in [-0.25, -0.2) is 4.99 Å². The van der Waals surface area contributed by atoms with Crippen LogP contribution < -0.4 is 0 Å². The SMILES string of the molecule is CCCCCCCCc1ccc(C2=NCC([C@@H]3CCCN3C=N)=N2)cc1. The molecule has 4 heteroatoms. The Hall–Kier alpha value is -1.97. The fourth-order valence-corrected chi connectivity index (χ4v) is 3.93. The number of likely N-dealkylation sites (tertiary alicyclic amines) is 1. The number of hydrogen-bond acceptors (Lipinski definition) is 3. The Morgan fingerprint density at radius 1 is 1.12 bits per heavy atom. The minimum absolute atomic E-state index is 0.278. The fourth-order valence-electron chi connectivity index (χ4n) is 3.93. The van der Waals surface area contributed by atoms with Gasteiger partial charge in [-0.15, -0.1) is 0 Å². The van der Waals surface area contributed by atoms with Crippen LogP contribution in [-0.4, -0.2) is 41.9 Å². The Kier molecular flexibility index (Phi) is 6.98. The highest BCUT2D eigenvalue weighted by atomic mass is 15.2. The lowest BCUT2D eigenvalue weighted by Crippen LogP contribution is -2.35. The molecule has 0 aromatic heterocycles. The molecule has 140 valence electrons. The average molecular weight is 353 g/mol. The van der Waals surface area contributed by atoms with E-state index in [1.807, 2.05) is 0 Å². The molecule has 26 heavy (non-hydrogen) atoms. The van der Waals surface area contributed by atoms with Crippen molar-refractivity contribution in [2.45, 2.75) is 70.8 Å². The van der Waals surface area contributed by atoms with E-state index in [4.69, 9.17) is 10.4 Å². The van der Waals surface area contributed by atoms with Gasteiger partial charge in [0.2, 0.25) is 0 Å². The van der Waals surface area contributed by atoms with E-state index in [9.17, 15) is 0 Å². The molecule has 0 radical (unpaired) electrons. The smallest absolute Gasteiger partial charge is 0.155 e. The molecule has 2 heterocycles. The molecule has 0 aliphatic carbocycles. The Bertz CT molecular complexity index is 645. The highest BCUT2D eigenvalue weighted by molar-refractivity contribution is 6.13. The summed E-state index contributed by atoms with van der Waals surface area (Å²) in [5, 5.41) is 7.54. The molecule has 1 atom stereocenters. The van der Waals surface area contributed by atoms with Gasteiger partial charge in [-0.1, -0.05) is 63.3 Å². The first-order valence-electron chi connectivity index (χ1n) is 10.3. The lowest BCUT2D eigenvalue weighted by Gasteiger charge is -2.20. The molecule has 0 unspecified atom stereocenters. The average Bonchev–Trinajstić information content (AvgIpc) is 3.33. The van der Waals surface area contributed by atoms with Crippen LogP contribution in [0.25, 0.3) is 0 Å². The standard InChI is InChI=1S/C22H32N4/c1-2-3-4-5-6-7-9-18-11-13-19(14-12-18)22-24-16-20(25-22)21-10-8-15-26(21)17-23/h11-14,17,21,23H,2-10,15-16H2,1H3/t21-/m0/s1. The number of nitrogens with one attached hydrogen (secondary N) is 1. The van der Waals surface area contributed by atoms with E-state index in [1.165, 1.54) is 56.8 Å². The van der Waals surface area contributed by atoms with Gasteiger partial charge in [-0.2, -0.15) is 0 Å². The zero-order valence-electron chi connectivity index (χ0n) is 16.1. The first kappa shape index (κ1) is 18.8. The van der Waals surface area contributed by atoms with Crippen LogP contribution in [0.5, 0.6) is 0 Å². The van der Waals surface area contributed by atoms with Crippen LogP contribution in [0.15, 0.2) is 34.3 Å². The summed E-state index contributed by atoms with van der Waals surface area (Å²) in [6.45, 7) is 3.92. The third-order valence-corrected chi connectivity index (χ3v) is 5.52. The summed E-state index contributed by atoms with van der Waals surface area (Å²) in [4.78, 5) is 11.5. The van der Waals surface area contributed by atoms with Crippen LogP contribution in [0.1, 0.15) is 69.4 Å². The second-order valence-electron chi connectivity index (χ2n) is 7.48. The Balaban J connectivity index is 1.50. The Morgan fingerprint density at radius 3 is 2.65 bits per heavy atom. The van der Waals surface area contributed by atoms with Crippen molar-refractivity contribution < 1.29 is 0 Å². The van der Waals surface area contributed by atoms with Crippen molar-refractivity contribution in [1.29, 1.82) is 5.41 Å². The van der Waals surface area contributed by atoms with Gasteiger partial charge in [0.15, 0.2) is 5.84 Å². The summed E-state index contributed by atoms with van der Waals surface area (Å²) in [5.74, 6) is 0.864. The van der Waals surface area contributed by atoms with E-state index in [0.717, 1.165) is 36.5 Å². The van der Waals surface area contributed by atoms with Crippen molar-refractivity contribution in [2.24, 2.45) is 9.98 Å². The van der Waals surface area contributed by atoms with E-state index >= 15 is 0 Å². The molecule has 2 aliphatic heterocycles. The molecule has 1 N–H and O–H groups in total. The Labute approximate surface area is 157 Å². The van der Waals surface area contributed by atoms with Gasteiger partial charge in [0, 0.05) is 12.1 Å². The van der Waals surface area contributed by atoms with Crippen molar-refractivity contribution >= 4 is 17.9 Å². The number of aliphatic imine (C=N–C) groups is 2. The van der Waals surface area contributed by atoms with Gasteiger partial charge >= 0.3 is 0 Å². The quantitative estimate of drug-likeness (QED) is 0.365. The van der Waals surface area contributed by atoms with Crippen molar-refractivity contribution in [3.63, 3.8) is 0 Å². The number of amidine groups is 1. The molecule has 1 aromatic carbocycles. The third kappa shape index (κ3) is 4.80. The first-order valence-corrected chi connectivity index (χ1v) is 10.3. The van der Waals surface area contributed by atoms with E-state index in [2.05, 4.69) is 41.1 Å². The molecule has 1 fully saturated rings. The maximum atomic E-state index is 7.54. The summed E-state index contributed by atoms with van der Waals surface area (Å²) < 4.78 is 0. The monoisotopic (exact) mass is 352 g/mol. The summed E-state index contributed by atoms with van der Waals surface area (Å²) in [6, 6.07) is 9.08. The summed E-state index contributed by atoms with van der Waals surface area (Å²) in [6.07, 6.45) is 12.9. The maximum Gasteiger partial charge on any atom is 0.155 e. The molecule has 0 amide bonds. The lowest BCUT2D eigenvalue weighted by molar-refractivity contribution is 0.476. The second-order valence-corrected chi connectivity index (χ2v) is 7.48. The van der Waals surface area contributed by atoms with Crippen molar-refractivity contribution in [1.82, 2.24) is 4.90 Å². The van der Waals surface area contributed by atoms with Gasteiger partial charge in [0.1, 0.15) is 0 Å². The van der Waals surface area contributed by atoms with Gasteiger partial charge in [0.25, 0.3) is 0 Å². The predicted molar refractivity (Wildman–Crippen MR) is 111 cm³/mol. The van der Waals surface area contributed by atoms with E-state index < -0.39 is 0 Å². The number of unbranched alkanes of at least 4 members (excludes halogenated alkanes) is 5. The maximum absolute atomic E-state index is 7.54. The minimum Gasteiger partial charge on any atom is -0.355 e. The molecule has 3 rings (SSSR count). The molecular weight excluding hydrogens is 320 g/mol. The highest BCUT2D eigenvalue weighted by Crippen LogP contribution is 2.21. The topological polar surface area (TPSA) is 51.8 Å². The summed E-state index contributed by atoms with van der Waals surface area (Å²) in [7, 11) is 0. The highest BCUT2D eigenvalue weighted by Gasteiger charge is 2.29. The van der Waals surface area contributed by atoms with Gasteiger partial charge in [-0.05, 0) is 31.2 Å². The van der Waals surface area contributed by atoms with Crippen LogP contribution in [0, 0.1) is 5.41 Å².